The first-order valence-electron chi connectivity index (χ1n) is 8.05. The van der Waals surface area contributed by atoms with E-state index in [1.165, 1.54) is 6.07 Å². The summed E-state index contributed by atoms with van der Waals surface area (Å²) in [7, 11) is 0. The van der Waals surface area contributed by atoms with Gasteiger partial charge in [0.25, 0.3) is 5.91 Å². The molecule has 0 bridgehead atoms. The van der Waals surface area contributed by atoms with Gasteiger partial charge in [-0.1, -0.05) is 6.07 Å². The first-order valence-corrected chi connectivity index (χ1v) is 8.05. The number of benzene rings is 2. The number of hydrogen-bond acceptors (Lipinski definition) is 5. The number of imide groups is 1. The summed E-state index contributed by atoms with van der Waals surface area (Å²) in [5.41, 5.74) is 2.78. The molecule has 1 saturated heterocycles. The highest BCUT2D eigenvalue weighted by Gasteiger charge is 2.39. The average Bonchev–Trinajstić information content (AvgIpc) is 2.84. The van der Waals surface area contributed by atoms with Crippen molar-refractivity contribution in [2.24, 2.45) is 0 Å². The van der Waals surface area contributed by atoms with Crippen LogP contribution in [0.15, 0.2) is 36.4 Å². The lowest BCUT2D eigenvalue weighted by Gasteiger charge is -2.17. The van der Waals surface area contributed by atoms with Crippen LogP contribution in [0.3, 0.4) is 0 Å². The monoisotopic (exact) mass is 354 g/mol. The number of amides is 2. The average molecular weight is 354 g/mol. The van der Waals surface area contributed by atoms with Gasteiger partial charge in [-0.25, -0.2) is 9.69 Å². The molecule has 0 aromatic heterocycles. The summed E-state index contributed by atoms with van der Waals surface area (Å²) >= 11 is 0. The second kappa shape index (κ2) is 6.51. The van der Waals surface area contributed by atoms with Gasteiger partial charge in [0, 0.05) is 11.8 Å². The summed E-state index contributed by atoms with van der Waals surface area (Å²) in [5, 5.41) is 21.8. The number of nitrogens with one attached hydrogen (secondary N) is 1. The van der Waals surface area contributed by atoms with Crippen LogP contribution >= 0.6 is 0 Å². The Kier molecular flexibility index (Phi) is 4.38. The number of aromatic carboxylic acids is 1. The molecule has 1 fully saturated rings. The van der Waals surface area contributed by atoms with Crippen LogP contribution in [-0.4, -0.2) is 34.0 Å². The van der Waals surface area contributed by atoms with Crippen LogP contribution in [0.1, 0.15) is 27.9 Å². The number of anilines is 2. The van der Waals surface area contributed by atoms with Crippen LogP contribution in [0.5, 0.6) is 5.75 Å². The summed E-state index contributed by atoms with van der Waals surface area (Å²) < 4.78 is 0. The van der Waals surface area contributed by atoms with Gasteiger partial charge in [0.1, 0.15) is 17.4 Å². The normalized spacial score (nSPS) is 16.8. The Bertz CT molecular complexity index is 922. The third-order valence-electron chi connectivity index (χ3n) is 4.46. The van der Waals surface area contributed by atoms with Gasteiger partial charge < -0.3 is 15.5 Å². The van der Waals surface area contributed by atoms with Crippen molar-refractivity contribution < 1.29 is 24.6 Å². The van der Waals surface area contributed by atoms with Crippen LogP contribution in [0.2, 0.25) is 0 Å². The van der Waals surface area contributed by atoms with Crippen molar-refractivity contribution in [1.29, 1.82) is 0 Å². The van der Waals surface area contributed by atoms with E-state index >= 15 is 0 Å². The fraction of sp³-hybridized carbons (Fsp3) is 0.211. The molecule has 0 radical (unpaired) electrons. The number of carboxylic acids is 1. The SMILES string of the molecule is Cc1ccc(NC2CC(=O)N(c3ccc(C(=O)O)c(O)c3)C2=O)cc1C. The van der Waals surface area contributed by atoms with E-state index in [-0.39, 0.29) is 17.7 Å². The number of aryl methyl sites for hydroxylation is 2. The van der Waals surface area contributed by atoms with Crippen molar-refractivity contribution in [3.63, 3.8) is 0 Å². The molecule has 1 unspecified atom stereocenters. The van der Waals surface area contributed by atoms with Gasteiger partial charge in [-0.3, -0.25) is 9.59 Å². The van der Waals surface area contributed by atoms with Gasteiger partial charge in [-0.2, -0.15) is 0 Å². The minimum absolute atomic E-state index is 0.0206. The van der Waals surface area contributed by atoms with Crippen LogP contribution in [0.25, 0.3) is 0 Å². The molecule has 1 aliphatic heterocycles. The summed E-state index contributed by atoms with van der Waals surface area (Å²) in [6.07, 6.45) is -0.0206. The lowest BCUT2D eigenvalue weighted by Crippen LogP contribution is -2.34. The van der Waals surface area contributed by atoms with E-state index in [1.807, 2.05) is 32.0 Å². The number of phenols is 1. The van der Waals surface area contributed by atoms with E-state index in [4.69, 9.17) is 5.11 Å². The van der Waals surface area contributed by atoms with Crippen LogP contribution < -0.4 is 10.2 Å². The molecule has 134 valence electrons. The maximum absolute atomic E-state index is 12.6. The minimum Gasteiger partial charge on any atom is -0.507 e. The molecule has 1 heterocycles. The number of rotatable bonds is 4. The molecule has 2 aromatic carbocycles. The van der Waals surface area contributed by atoms with Crippen LogP contribution in [0.4, 0.5) is 11.4 Å². The molecule has 7 nitrogen and oxygen atoms in total. The van der Waals surface area contributed by atoms with Gasteiger partial charge >= 0.3 is 5.97 Å². The Morgan fingerprint density at radius 3 is 2.46 bits per heavy atom. The van der Waals surface area contributed by atoms with Gasteiger partial charge in [-0.15, -0.1) is 0 Å². The molecule has 0 saturated carbocycles. The van der Waals surface area contributed by atoms with Crippen molar-refractivity contribution in [1.82, 2.24) is 0 Å². The Morgan fingerprint density at radius 1 is 1.12 bits per heavy atom. The van der Waals surface area contributed by atoms with Gasteiger partial charge in [0.05, 0.1) is 12.1 Å². The third-order valence-corrected chi connectivity index (χ3v) is 4.46. The number of nitrogens with zero attached hydrogens (tertiary/aromatic N) is 1. The molecule has 0 spiro atoms. The molecule has 7 heteroatoms. The molecular weight excluding hydrogens is 336 g/mol. The molecule has 1 atom stereocenters. The van der Waals surface area contributed by atoms with Crippen molar-refractivity contribution in [3.8, 4) is 5.75 Å². The summed E-state index contributed by atoms with van der Waals surface area (Å²) in [5.74, 6) is -2.65. The maximum Gasteiger partial charge on any atom is 0.339 e. The third kappa shape index (κ3) is 3.11. The Morgan fingerprint density at radius 2 is 1.85 bits per heavy atom. The van der Waals surface area contributed by atoms with Crippen LogP contribution in [0, 0.1) is 13.8 Å². The van der Waals surface area contributed by atoms with E-state index in [9.17, 15) is 19.5 Å². The summed E-state index contributed by atoms with van der Waals surface area (Å²) in [6, 6.07) is 8.57. The largest absolute Gasteiger partial charge is 0.507 e. The highest BCUT2D eigenvalue weighted by molar-refractivity contribution is 6.23. The quantitative estimate of drug-likeness (QED) is 0.728. The lowest BCUT2D eigenvalue weighted by molar-refractivity contribution is -0.121. The molecule has 26 heavy (non-hydrogen) atoms. The van der Waals surface area contributed by atoms with E-state index in [0.29, 0.717) is 0 Å². The lowest BCUT2D eigenvalue weighted by atomic mass is 10.1. The number of aromatic hydroxyl groups is 1. The van der Waals surface area contributed by atoms with Crippen LogP contribution in [-0.2, 0) is 9.59 Å². The molecule has 3 N–H and O–H groups in total. The Labute approximate surface area is 149 Å². The molecule has 0 aliphatic carbocycles. The number of carbonyl (C=O) groups is 3. The van der Waals surface area contributed by atoms with Gasteiger partial charge in [-0.05, 0) is 49.2 Å². The topological polar surface area (TPSA) is 107 Å². The number of carboxylic acid groups (broad SMARTS) is 1. The molecule has 3 rings (SSSR count). The fourth-order valence-electron chi connectivity index (χ4n) is 2.89. The maximum atomic E-state index is 12.6. The van der Waals surface area contributed by atoms with Crippen molar-refractivity contribution in [3.05, 3.63) is 53.1 Å². The van der Waals surface area contributed by atoms with Crippen molar-refractivity contribution in [2.45, 2.75) is 26.3 Å². The second-order valence-corrected chi connectivity index (χ2v) is 6.27. The Hall–Kier alpha value is -3.35. The van der Waals surface area contributed by atoms with E-state index in [1.54, 1.807) is 0 Å². The second-order valence-electron chi connectivity index (χ2n) is 6.27. The summed E-state index contributed by atoms with van der Waals surface area (Å²) in [6.45, 7) is 3.94. The number of hydrogen-bond donors (Lipinski definition) is 3. The van der Waals surface area contributed by atoms with E-state index in [0.717, 1.165) is 33.8 Å². The zero-order valence-corrected chi connectivity index (χ0v) is 14.3. The minimum atomic E-state index is -1.29. The molecule has 2 aromatic rings. The van der Waals surface area contributed by atoms with Crippen molar-refractivity contribution in [2.75, 3.05) is 10.2 Å². The van der Waals surface area contributed by atoms with E-state index in [2.05, 4.69) is 5.32 Å². The van der Waals surface area contributed by atoms with Crippen molar-refractivity contribution >= 4 is 29.2 Å². The predicted octanol–water partition coefficient (Wildman–Crippen LogP) is 2.45. The molecular formula is C19H18N2O5. The van der Waals surface area contributed by atoms with Gasteiger partial charge in [0.15, 0.2) is 0 Å². The zero-order chi connectivity index (χ0) is 19.0. The van der Waals surface area contributed by atoms with E-state index < -0.39 is 29.6 Å². The first kappa shape index (κ1) is 17.5. The molecule has 2 amide bonds. The highest BCUT2D eigenvalue weighted by Crippen LogP contribution is 2.29. The first-order chi connectivity index (χ1) is 12.3. The smallest absolute Gasteiger partial charge is 0.339 e. The molecule has 1 aliphatic rings. The fourth-order valence-corrected chi connectivity index (χ4v) is 2.89. The van der Waals surface area contributed by atoms with Gasteiger partial charge in [0.2, 0.25) is 5.91 Å². The summed E-state index contributed by atoms with van der Waals surface area (Å²) in [4.78, 5) is 36.9. The highest BCUT2D eigenvalue weighted by atomic mass is 16.4. The Balaban J connectivity index is 1.83. The zero-order valence-electron chi connectivity index (χ0n) is 14.3. The predicted molar refractivity (Wildman–Crippen MR) is 95.5 cm³/mol. The number of carbonyl (C=O) groups excluding carboxylic acids is 2. The standard InChI is InChI=1S/C19H18N2O5/c1-10-3-4-12(7-11(10)2)20-15-9-17(23)21(18(15)24)13-5-6-14(19(25)26)16(22)8-13/h3-8,15,20,22H,9H2,1-2H3,(H,25,26).